The van der Waals surface area contributed by atoms with Gasteiger partial charge in [-0.05, 0) is 56.0 Å². The molecule has 2 heteroatoms. The van der Waals surface area contributed by atoms with Gasteiger partial charge in [-0.25, -0.2) is 0 Å². The van der Waals surface area contributed by atoms with Crippen molar-refractivity contribution in [3.05, 3.63) is 34.4 Å². The Bertz CT molecular complexity index is 396. The first-order valence-corrected chi connectivity index (χ1v) is 6.78. The second kappa shape index (κ2) is 6.35. The van der Waals surface area contributed by atoms with Crippen LogP contribution in [0.15, 0.2) is 12.1 Å². The van der Waals surface area contributed by atoms with Gasteiger partial charge in [0.25, 0.3) is 0 Å². The van der Waals surface area contributed by atoms with Crippen molar-refractivity contribution < 1.29 is 5.11 Å². The zero-order chi connectivity index (χ0) is 13.8. The highest BCUT2D eigenvalue weighted by atomic mass is 16.3. The lowest BCUT2D eigenvalue weighted by molar-refractivity contribution is 0.284. The van der Waals surface area contributed by atoms with Gasteiger partial charge < -0.3 is 10.4 Å². The van der Waals surface area contributed by atoms with Crippen LogP contribution in [-0.4, -0.2) is 24.8 Å². The van der Waals surface area contributed by atoms with Crippen LogP contribution in [-0.2, 0) is 5.41 Å². The molecule has 0 radical (unpaired) electrons. The van der Waals surface area contributed by atoms with Crippen molar-refractivity contribution in [3.63, 3.8) is 0 Å². The summed E-state index contributed by atoms with van der Waals surface area (Å²) in [5, 5.41) is 12.2. The number of rotatable bonds is 6. The molecule has 0 aromatic heterocycles. The van der Waals surface area contributed by atoms with Gasteiger partial charge in [-0.1, -0.05) is 26.0 Å². The lowest BCUT2D eigenvalue weighted by atomic mass is 9.80. The first-order chi connectivity index (χ1) is 8.38. The van der Waals surface area contributed by atoms with Crippen LogP contribution in [0, 0.1) is 20.8 Å². The summed E-state index contributed by atoms with van der Waals surface area (Å²) < 4.78 is 0. The van der Waals surface area contributed by atoms with Gasteiger partial charge in [0.15, 0.2) is 0 Å². The van der Waals surface area contributed by atoms with E-state index >= 15 is 0 Å². The molecule has 2 N–H and O–H groups in total. The van der Waals surface area contributed by atoms with Crippen LogP contribution in [0.25, 0.3) is 0 Å². The summed E-state index contributed by atoms with van der Waals surface area (Å²) in [6.45, 7) is 13.2. The van der Waals surface area contributed by atoms with E-state index in [9.17, 15) is 0 Å². The van der Waals surface area contributed by atoms with E-state index < -0.39 is 0 Å². The standard InChI is InChI=1S/C16H27NO/c1-12-9-14(3)15(10-13(12)2)16(4,5)11-17-7-6-8-18/h9-10,17-18H,6-8,11H2,1-5H3. The number of benzene rings is 1. The zero-order valence-electron chi connectivity index (χ0n) is 12.4. The Morgan fingerprint density at radius 1 is 1.06 bits per heavy atom. The Morgan fingerprint density at radius 2 is 1.67 bits per heavy atom. The van der Waals surface area contributed by atoms with Crippen molar-refractivity contribution in [3.8, 4) is 0 Å². The Balaban J connectivity index is 2.80. The molecule has 0 spiro atoms. The third-order valence-corrected chi connectivity index (χ3v) is 3.65. The molecular weight excluding hydrogens is 222 g/mol. The molecule has 1 rings (SSSR count). The molecule has 0 aliphatic rings. The van der Waals surface area contributed by atoms with Crippen molar-refractivity contribution >= 4 is 0 Å². The van der Waals surface area contributed by atoms with Crippen molar-refractivity contribution in [2.24, 2.45) is 0 Å². The summed E-state index contributed by atoms with van der Waals surface area (Å²) in [6, 6.07) is 4.60. The number of aliphatic hydroxyl groups excluding tert-OH is 1. The number of aryl methyl sites for hydroxylation is 3. The van der Waals surface area contributed by atoms with E-state index in [2.05, 4.69) is 52.1 Å². The van der Waals surface area contributed by atoms with Gasteiger partial charge in [0.2, 0.25) is 0 Å². The summed E-state index contributed by atoms with van der Waals surface area (Å²) in [5.41, 5.74) is 5.63. The molecule has 1 aromatic carbocycles. The number of hydrogen-bond donors (Lipinski definition) is 2. The van der Waals surface area contributed by atoms with Gasteiger partial charge >= 0.3 is 0 Å². The normalized spacial score (nSPS) is 11.9. The smallest absolute Gasteiger partial charge is 0.0443 e. The lowest BCUT2D eigenvalue weighted by Gasteiger charge is -2.28. The van der Waals surface area contributed by atoms with Crippen molar-refractivity contribution in [1.82, 2.24) is 5.32 Å². The van der Waals surface area contributed by atoms with Gasteiger partial charge in [-0.15, -0.1) is 0 Å². The molecule has 2 nitrogen and oxygen atoms in total. The SMILES string of the molecule is Cc1cc(C)c(C(C)(C)CNCCCO)cc1C. The quantitative estimate of drug-likeness (QED) is 0.760. The molecule has 0 saturated carbocycles. The monoisotopic (exact) mass is 249 g/mol. The van der Waals surface area contributed by atoms with E-state index in [0.717, 1.165) is 19.5 Å². The fraction of sp³-hybridized carbons (Fsp3) is 0.625. The maximum absolute atomic E-state index is 8.78. The largest absolute Gasteiger partial charge is 0.396 e. The van der Waals surface area contributed by atoms with Crippen molar-refractivity contribution in [2.45, 2.75) is 46.5 Å². The number of nitrogens with one attached hydrogen (secondary N) is 1. The summed E-state index contributed by atoms with van der Waals surface area (Å²) in [6.07, 6.45) is 0.821. The van der Waals surface area contributed by atoms with E-state index in [1.807, 2.05) is 0 Å². The molecule has 0 heterocycles. The summed E-state index contributed by atoms with van der Waals surface area (Å²) in [4.78, 5) is 0. The number of hydrogen-bond acceptors (Lipinski definition) is 2. The summed E-state index contributed by atoms with van der Waals surface area (Å²) in [7, 11) is 0. The van der Waals surface area contributed by atoms with Gasteiger partial charge in [-0.3, -0.25) is 0 Å². The Labute approximate surface area is 111 Å². The van der Waals surface area contributed by atoms with Gasteiger partial charge in [-0.2, -0.15) is 0 Å². The zero-order valence-corrected chi connectivity index (χ0v) is 12.4. The second-order valence-electron chi connectivity index (χ2n) is 5.89. The Kier molecular flexibility index (Phi) is 5.36. The Morgan fingerprint density at radius 3 is 2.28 bits per heavy atom. The van der Waals surface area contributed by atoms with E-state index in [1.54, 1.807) is 0 Å². The molecule has 0 amide bonds. The summed E-state index contributed by atoms with van der Waals surface area (Å²) in [5.74, 6) is 0. The number of aliphatic hydroxyl groups is 1. The topological polar surface area (TPSA) is 32.3 Å². The van der Waals surface area contributed by atoms with Crippen LogP contribution in [0.1, 0.15) is 42.5 Å². The van der Waals surface area contributed by atoms with Crippen molar-refractivity contribution in [2.75, 3.05) is 19.7 Å². The maximum Gasteiger partial charge on any atom is 0.0443 e. The van der Waals surface area contributed by atoms with E-state index in [4.69, 9.17) is 5.11 Å². The summed E-state index contributed by atoms with van der Waals surface area (Å²) >= 11 is 0. The fourth-order valence-electron chi connectivity index (χ4n) is 2.39. The molecule has 0 unspecified atom stereocenters. The molecule has 18 heavy (non-hydrogen) atoms. The van der Waals surface area contributed by atoms with E-state index in [-0.39, 0.29) is 12.0 Å². The van der Waals surface area contributed by atoms with Crippen LogP contribution in [0.4, 0.5) is 0 Å². The predicted molar refractivity (Wildman–Crippen MR) is 78.3 cm³/mol. The predicted octanol–water partition coefficient (Wildman–Crippen LogP) is 2.86. The maximum atomic E-state index is 8.78. The molecule has 0 bridgehead atoms. The van der Waals surface area contributed by atoms with Gasteiger partial charge in [0, 0.05) is 18.6 Å². The average molecular weight is 249 g/mol. The molecule has 0 aliphatic carbocycles. The van der Waals surface area contributed by atoms with Crippen LogP contribution in [0.2, 0.25) is 0 Å². The lowest BCUT2D eigenvalue weighted by Crippen LogP contribution is -2.34. The first kappa shape index (κ1) is 15.2. The van der Waals surface area contributed by atoms with Gasteiger partial charge in [0.1, 0.15) is 0 Å². The van der Waals surface area contributed by atoms with Crippen LogP contribution < -0.4 is 5.32 Å². The minimum atomic E-state index is 0.123. The van der Waals surface area contributed by atoms with Crippen molar-refractivity contribution in [1.29, 1.82) is 0 Å². The van der Waals surface area contributed by atoms with Gasteiger partial charge in [0.05, 0.1) is 0 Å². The average Bonchev–Trinajstić information content (AvgIpc) is 2.29. The molecule has 0 aliphatic heterocycles. The van der Waals surface area contributed by atoms with Crippen LogP contribution >= 0.6 is 0 Å². The first-order valence-electron chi connectivity index (χ1n) is 6.78. The third-order valence-electron chi connectivity index (χ3n) is 3.65. The minimum Gasteiger partial charge on any atom is -0.396 e. The fourth-order valence-corrected chi connectivity index (χ4v) is 2.39. The molecule has 102 valence electrons. The Hall–Kier alpha value is -0.860. The molecular formula is C16H27NO. The highest BCUT2D eigenvalue weighted by molar-refractivity contribution is 5.40. The molecule has 0 fully saturated rings. The highest BCUT2D eigenvalue weighted by Crippen LogP contribution is 2.28. The van der Waals surface area contributed by atoms with Crippen LogP contribution in [0.5, 0.6) is 0 Å². The second-order valence-corrected chi connectivity index (χ2v) is 5.89. The van der Waals surface area contributed by atoms with E-state index in [1.165, 1.54) is 22.3 Å². The molecule has 0 saturated heterocycles. The molecule has 1 aromatic rings. The highest BCUT2D eigenvalue weighted by Gasteiger charge is 2.22. The van der Waals surface area contributed by atoms with Crippen LogP contribution in [0.3, 0.4) is 0 Å². The third kappa shape index (κ3) is 3.82. The minimum absolute atomic E-state index is 0.123. The molecule has 0 atom stereocenters. The van der Waals surface area contributed by atoms with E-state index in [0.29, 0.717) is 0 Å².